The second kappa shape index (κ2) is 7.13. The lowest BCUT2D eigenvalue weighted by molar-refractivity contribution is 0.390. The van der Waals surface area contributed by atoms with Gasteiger partial charge in [0.15, 0.2) is 0 Å². The first-order chi connectivity index (χ1) is 10.5. The fourth-order valence-electron chi connectivity index (χ4n) is 1.89. The first kappa shape index (κ1) is 16.8. The molecule has 0 radical (unpaired) electrons. The number of methoxy groups -OCH3 is 2. The monoisotopic (exact) mass is 385 g/mol. The van der Waals surface area contributed by atoms with E-state index in [4.69, 9.17) is 9.47 Å². The molecule has 0 heterocycles. The van der Waals surface area contributed by atoms with Crippen LogP contribution in [0.25, 0.3) is 0 Å². The highest BCUT2D eigenvalue weighted by Crippen LogP contribution is 2.25. The maximum absolute atomic E-state index is 12.3. The molecule has 2 rings (SSSR count). The molecule has 0 aliphatic heterocycles. The summed E-state index contributed by atoms with van der Waals surface area (Å²) in [7, 11) is -0.500. The van der Waals surface area contributed by atoms with Crippen molar-refractivity contribution in [1.29, 1.82) is 0 Å². The third-order valence-electron chi connectivity index (χ3n) is 3.05. The number of benzene rings is 2. The summed E-state index contributed by atoms with van der Waals surface area (Å²) in [5, 5.41) is 0. The maximum atomic E-state index is 12.3. The van der Waals surface area contributed by atoms with Gasteiger partial charge in [0.2, 0.25) is 10.0 Å². The SMILES string of the molecule is COc1ccc(CNS(=O)(=O)c2cccc(Br)c2)c(OC)c1. The summed E-state index contributed by atoms with van der Waals surface area (Å²) in [6.45, 7) is 0.127. The summed E-state index contributed by atoms with van der Waals surface area (Å²) >= 11 is 3.26. The normalized spacial score (nSPS) is 11.2. The van der Waals surface area contributed by atoms with Crippen molar-refractivity contribution in [2.75, 3.05) is 14.2 Å². The molecule has 7 heteroatoms. The number of hydrogen-bond acceptors (Lipinski definition) is 4. The zero-order valence-corrected chi connectivity index (χ0v) is 14.6. The Balaban J connectivity index is 2.19. The van der Waals surface area contributed by atoms with Crippen LogP contribution in [0.4, 0.5) is 0 Å². The number of nitrogens with one attached hydrogen (secondary N) is 1. The van der Waals surface area contributed by atoms with E-state index in [1.54, 1.807) is 49.6 Å². The molecule has 2 aromatic rings. The van der Waals surface area contributed by atoms with Crippen LogP contribution in [0.5, 0.6) is 11.5 Å². The van der Waals surface area contributed by atoms with Crippen molar-refractivity contribution >= 4 is 26.0 Å². The molecule has 0 unspecified atom stereocenters. The van der Waals surface area contributed by atoms with Gasteiger partial charge in [-0.2, -0.15) is 0 Å². The van der Waals surface area contributed by atoms with E-state index in [9.17, 15) is 8.42 Å². The summed E-state index contributed by atoms with van der Waals surface area (Å²) in [6, 6.07) is 11.8. The van der Waals surface area contributed by atoms with Crippen LogP contribution in [0.1, 0.15) is 5.56 Å². The minimum absolute atomic E-state index is 0.127. The summed E-state index contributed by atoms with van der Waals surface area (Å²) < 4.78 is 38.2. The summed E-state index contributed by atoms with van der Waals surface area (Å²) in [6.07, 6.45) is 0. The van der Waals surface area contributed by atoms with Crippen molar-refractivity contribution < 1.29 is 17.9 Å². The second-order valence-corrected chi connectivity index (χ2v) is 7.14. The molecule has 1 N–H and O–H groups in total. The molecule has 118 valence electrons. The zero-order valence-electron chi connectivity index (χ0n) is 12.2. The molecule has 0 atom stereocenters. The molecule has 2 aromatic carbocycles. The Labute approximate surface area is 138 Å². The summed E-state index contributed by atoms with van der Waals surface area (Å²) in [5.74, 6) is 1.21. The van der Waals surface area contributed by atoms with Gasteiger partial charge in [0, 0.05) is 22.6 Å². The Morgan fingerprint density at radius 3 is 2.50 bits per heavy atom. The Morgan fingerprint density at radius 1 is 1.09 bits per heavy atom. The average molecular weight is 386 g/mol. The van der Waals surface area contributed by atoms with Crippen molar-refractivity contribution in [2.24, 2.45) is 0 Å². The number of rotatable bonds is 6. The standard InChI is InChI=1S/C15H16BrNO4S/c1-20-13-7-6-11(15(9-13)21-2)10-17-22(18,19)14-5-3-4-12(16)8-14/h3-9,17H,10H2,1-2H3. The minimum atomic E-state index is -3.59. The van der Waals surface area contributed by atoms with Crippen molar-refractivity contribution in [3.8, 4) is 11.5 Å². The van der Waals surface area contributed by atoms with E-state index >= 15 is 0 Å². The molecule has 0 saturated heterocycles. The van der Waals surface area contributed by atoms with Crippen LogP contribution in [-0.2, 0) is 16.6 Å². The lowest BCUT2D eigenvalue weighted by Gasteiger charge is -2.12. The lowest BCUT2D eigenvalue weighted by atomic mass is 10.2. The zero-order chi connectivity index (χ0) is 16.2. The number of halogens is 1. The maximum Gasteiger partial charge on any atom is 0.240 e. The van der Waals surface area contributed by atoms with E-state index in [2.05, 4.69) is 20.7 Å². The van der Waals surface area contributed by atoms with Crippen LogP contribution < -0.4 is 14.2 Å². The molecule has 0 bridgehead atoms. The molecule has 0 fully saturated rings. The summed E-state index contributed by atoms with van der Waals surface area (Å²) in [4.78, 5) is 0.203. The van der Waals surface area contributed by atoms with Crippen molar-refractivity contribution in [2.45, 2.75) is 11.4 Å². The minimum Gasteiger partial charge on any atom is -0.497 e. The van der Waals surface area contributed by atoms with E-state index in [1.807, 2.05) is 0 Å². The van der Waals surface area contributed by atoms with E-state index in [0.29, 0.717) is 16.0 Å². The molecule has 0 aliphatic rings. The van der Waals surface area contributed by atoms with Gasteiger partial charge in [-0.15, -0.1) is 0 Å². The number of ether oxygens (including phenoxy) is 2. The Bertz CT molecular complexity index is 762. The van der Waals surface area contributed by atoms with Crippen LogP contribution >= 0.6 is 15.9 Å². The van der Waals surface area contributed by atoms with Gasteiger partial charge in [-0.05, 0) is 24.3 Å². The van der Waals surface area contributed by atoms with E-state index in [0.717, 1.165) is 5.56 Å². The molecule has 0 spiro atoms. The van der Waals surface area contributed by atoms with Gasteiger partial charge in [0.25, 0.3) is 0 Å². The quantitative estimate of drug-likeness (QED) is 0.829. The van der Waals surface area contributed by atoms with Crippen molar-refractivity contribution in [3.05, 3.63) is 52.5 Å². The molecule has 0 saturated carbocycles. The smallest absolute Gasteiger partial charge is 0.240 e. The third kappa shape index (κ3) is 4.00. The van der Waals surface area contributed by atoms with Gasteiger partial charge in [0.1, 0.15) is 11.5 Å². The van der Waals surface area contributed by atoms with Crippen molar-refractivity contribution in [1.82, 2.24) is 4.72 Å². The molecule has 22 heavy (non-hydrogen) atoms. The lowest BCUT2D eigenvalue weighted by Crippen LogP contribution is -2.23. The van der Waals surface area contributed by atoms with E-state index in [-0.39, 0.29) is 11.4 Å². The Kier molecular flexibility index (Phi) is 5.44. The Morgan fingerprint density at radius 2 is 1.86 bits per heavy atom. The van der Waals surface area contributed by atoms with Gasteiger partial charge in [-0.1, -0.05) is 28.1 Å². The highest BCUT2D eigenvalue weighted by atomic mass is 79.9. The molecule has 0 amide bonds. The fraction of sp³-hybridized carbons (Fsp3) is 0.200. The third-order valence-corrected chi connectivity index (χ3v) is 4.95. The molecular weight excluding hydrogens is 370 g/mol. The van der Waals surface area contributed by atoms with Crippen molar-refractivity contribution in [3.63, 3.8) is 0 Å². The van der Waals surface area contributed by atoms with Gasteiger partial charge in [-0.3, -0.25) is 0 Å². The molecule has 5 nitrogen and oxygen atoms in total. The summed E-state index contributed by atoms with van der Waals surface area (Å²) in [5.41, 5.74) is 0.724. The van der Waals surface area contributed by atoms with Gasteiger partial charge >= 0.3 is 0 Å². The number of hydrogen-bond donors (Lipinski definition) is 1. The second-order valence-electron chi connectivity index (χ2n) is 4.46. The number of sulfonamides is 1. The predicted octanol–water partition coefficient (Wildman–Crippen LogP) is 2.94. The highest BCUT2D eigenvalue weighted by molar-refractivity contribution is 9.10. The average Bonchev–Trinajstić information content (AvgIpc) is 2.52. The van der Waals surface area contributed by atoms with Crippen LogP contribution in [0.2, 0.25) is 0 Å². The molecule has 0 aromatic heterocycles. The Hall–Kier alpha value is -1.57. The van der Waals surface area contributed by atoms with E-state index < -0.39 is 10.0 Å². The molecular formula is C15H16BrNO4S. The van der Waals surface area contributed by atoms with Crippen LogP contribution in [-0.4, -0.2) is 22.6 Å². The van der Waals surface area contributed by atoms with Gasteiger partial charge in [0.05, 0.1) is 19.1 Å². The first-order valence-corrected chi connectivity index (χ1v) is 8.70. The van der Waals surface area contributed by atoms with Crippen LogP contribution in [0.15, 0.2) is 51.8 Å². The predicted molar refractivity (Wildman–Crippen MR) is 87.7 cm³/mol. The highest BCUT2D eigenvalue weighted by Gasteiger charge is 2.15. The molecule has 0 aliphatic carbocycles. The van der Waals surface area contributed by atoms with Crippen LogP contribution in [0.3, 0.4) is 0 Å². The van der Waals surface area contributed by atoms with Gasteiger partial charge < -0.3 is 9.47 Å². The fourth-order valence-corrected chi connectivity index (χ4v) is 3.49. The largest absolute Gasteiger partial charge is 0.497 e. The van der Waals surface area contributed by atoms with E-state index in [1.165, 1.54) is 7.11 Å². The topological polar surface area (TPSA) is 64.6 Å². The first-order valence-electron chi connectivity index (χ1n) is 6.42. The van der Waals surface area contributed by atoms with Crippen LogP contribution in [0, 0.1) is 0 Å². The van der Waals surface area contributed by atoms with Gasteiger partial charge in [-0.25, -0.2) is 13.1 Å².